The lowest BCUT2D eigenvalue weighted by atomic mass is 9.95. The molecule has 0 bridgehead atoms. The molecular weight excluding hydrogens is 484 g/mol. The van der Waals surface area contributed by atoms with E-state index in [0.29, 0.717) is 0 Å². The molecule has 2 aromatic heterocycles. The molecule has 4 aromatic rings. The van der Waals surface area contributed by atoms with Crippen molar-refractivity contribution in [3.63, 3.8) is 0 Å². The van der Waals surface area contributed by atoms with Crippen molar-refractivity contribution in [2.24, 2.45) is 0 Å². The molecule has 4 rings (SSSR count). The molecule has 0 atom stereocenters. The van der Waals surface area contributed by atoms with Gasteiger partial charge in [0.05, 0.1) is 22.0 Å². The highest BCUT2D eigenvalue weighted by atomic mass is 19.4. The van der Waals surface area contributed by atoms with E-state index in [1.165, 1.54) is 36.5 Å². The number of nitrogens with zero attached hydrogens (tertiary/aromatic N) is 3. The number of anilines is 2. The van der Waals surface area contributed by atoms with Crippen LogP contribution in [-0.2, 0) is 27.0 Å². The standard InChI is InChI=1S/C21H13F6N5O3/c22-20(23,24)12-4-2-1-3-9(12)11-7-13-15(17(28)31-19(29)30-13)10-5-6-32(16(10)11)8-14(33)35-18(34)21(25,26)27/h1-7H,8H2,(H4,28,29,30,31). The molecule has 2 heterocycles. The fourth-order valence-electron chi connectivity index (χ4n) is 3.71. The zero-order valence-corrected chi connectivity index (χ0v) is 17.2. The Morgan fingerprint density at radius 3 is 2.31 bits per heavy atom. The number of fused-ring (bicyclic) bond motifs is 3. The van der Waals surface area contributed by atoms with E-state index in [1.807, 2.05) is 0 Å². The van der Waals surface area contributed by atoms with Crippen molar-refractivity contribution in [1.82, 2.24) is 14.5 Å². The molecule has 4 N–H and O–H groups in total. The van der Waals surface area contributed by atoms with E-state index in [2.05, 4.69) is 14.7 Å². The monoisotopic (exact) mass is 497 g/mol. The van der Waals surface area contributed by atoms with Crippen molar-refractivity contribution in [3.8, 4) is 11.1 Å². The second-order valence-corrected chi connectivity index (χ2v) is 7.29. The summed E-state index contributed by atoms with van der Waals surface area (Å²) >= 11 is 0. The molecule has 182 valence electrons. The fraction of sp³-hybridized carbons (Fsp3) is 0.143. The summed E-state index contributed by atoms with van der Waals surface area (Å²) in [5, 5.41) is 0.392. The van der Waals surface area contributed by atoms with Crippen molar-refractivity contribution in [3.05, 3.63) is 48.2 Å². The third kappa shape index (κ3) is 4.41. The largest absolute Gasteiger partial charge is 0.491 e. The number of nitrogen functional groups attached to an aromatic ring is 2. The molecule has 0 amide bonds. The molecule has 0 aliphatic heterocycles. The van der Waals surface area contributed by atoms with Crippen LogP contribution in [0.5, 0.6) is 0 Å². The first kappa shape index (κ1) is 23.8. The minimum Gasteiger partial charge on any atom is -0.385 e. The first-order chi connectivity index (χ1) is 16.3. The number of carbonyl (C=O) groups excluding carboxylic acids is 2. The molecule has 0 unspecified atom stereocenters. The normalized spacial score (nSPS) is 12.3. The first-order valence-corrected chi connectivity index (χ1v) is 9.60. The summed E-state index contributed by atoms with van der Waals surface area (Å²) in [6.45, 7) is -0.923. The Morgan fingerprint density at radius 2 is 1.66 bits per heavy atom. The van der Waals surface area contributed by atoms with Gasteiger partial charge in [-0.25, -0.2) is 14.6 Å². The number of esters is 2. The maximum absolute atomic E-state index is 13.8. The summed E-state index contributed by atoms with van der Waals surface area (Å²) in [4.78, 5) is 30.9. The molecule has 0 aliphatic carbocycles. The zero-order valence-electron chi connectivity index (χ0n) is 17.2. The SMILES string of the molecule is Nc1nc(N)c2c(cc(-c3ccccc3C(F)(F)F)c3c2ccn3CC(=O)OC(=O)C(F)(F)F)n1. The highest BCUT2D eigenvalue weighted by molar-refractivity contribution is 6.16. The number of nitrogens with two attached hydrogens (primary N) is 2. The van der Waals surface area contributed by atoms with Crippen molar-refractivity contribution < 1.29 is 40.7 Å². The quantitative estimate of drug-likeness (QED) is 0.248. The van der Waals surface area contributed by atoms with Crippen LogP contribution in [0.25, 0.3) is 32.9 Å². The average Bonchev–Trinajstić information content (AvgIpc) is 3.14. The lowest BCUT2D eigenvalue weighted by molar-refractivity contribution is -0.202. The molecule has 0 spiro atoms. The Hall–Kier alpha value is -4.36. The van der Waals surface area contributed by atoms with Crippen LogP contribution in [0.2, 0.25) is 0 Å². The topological polar surface area (TPSA) is 126 Å². The Balaban J connectivity index is 1.98. The first-order valence-electron chi connectivity index (χ1n) is 9.60. The van der Waals surface area contributed by atoms with Gasteiger partial charge in [0.15, 0.2) is 0 Å². The smallest absolute Gasteiger partial charge is 0.385 e. The molecule has 0 saturated carbocycles. The number of hydrogen-bond donors (Lipinski definition) is 2. The number of hydrogen-bond acceptors (Lipinski definition) is 7. The third-order valence-corrected chi connectivity index (χ3v) is 5.01. The van der Waals surface area contributed by atoms with E-state index in [4.69, 9.17) is 11.5 Å². The number of alkyl halides is 6. The number of halogens is 6. The van der Waals surface area contributed by atoms with Gasteiger partial charge in [-0.1, -0.05) is 18.2 Å². The van der Waals surface area contributed by atoms with E-state index in [1.54, 1.807) is 0 Å². The second kappa shape index (κ2) is 8.14. The second-order valence-electron chi connectivity index (χ2n) is 7.29. The number of aromatic nitrogens is 3. The summed E-state index contributed by atoms with van der Waals surface area (Å²) < 4.78 is 83.6. The molecule has 0 saturated heterocycles. The van der Waals surface area contributed by atoms with Crippen LogP contribution < -0.4 is 11.5 Å². The van der Waals surface area contributed by atoms with Crippen LogP contribution in [0.3, 0.4) is 0 Å². The maximum Gasteiger partial charge on any atom is 0.491 e. The molecule has 35 heavy (non-hydrogen) atoms. The Kier molecular flexibility index (Phi) is 5.53. The number of rotatable bonds is 3. The maximum atomic E-state index is 13.8. The Labute approximate surface area is 191 Å². The number of benzene rings is 2. The van der Waals surface area contributed by atoms with Gasteiger partial charge in [0.2, 0.25) is 5.95 Å². The fourth-order valence-corrected chi connectivity index (χ4v) is 3.71. The van der Waals surface area contributed by atoms with Crippen LogP contribution in [0.1, 0.15) is 5.56 Å². The summed E-state index contributed by atoms with van der Waals surface area (Å²) in [5.74, 6) is -4.65. The van der Waals surface area contributed by atoms with Crippen molar-refractivity contribution in [2.45, 2.75) is 18.9 Å². The molecule has 0 fully saturated rings. The Bertz CT molecular complexity index is 1490. The summed E-state index contributed by atoms with van der Waals surface area (Å²) in [7, 11) is 0. The van der Waals surface area contributed by atoms with Crippen molar-refractivity contribution >= 4 is 45.5 Å². The van der Waals surface area contributed by atoms with Gasteiger partial charge in [-0.05, 0) is 23.8 Å². The highest BCUT2D eigenvalue weighted by Gasteiger charge is 2.42. The van der Waals surface area contributed by atoms with Crippen molar-refractivity contribution in [2.75, 3.05) is 11.5 Å². The van der Waals surface area contributed by atoms with Gasteiger partial charge in [-0.2, -0.15) is 31.3 Å². The summed E-state index contributed by atoms with van der Waals surface area (Å²) in [5.41, 5.74) is 10.3. The molecule has 2 aromatic carbocycles. The number of carbonyl (C=O) groups is 2. The van der Waals surface area contributed by atoms with Crippen LogP contribution in [0.4, 0.5) is 38.1 Å². The summed E-state index contributed by atoms with van der Waals surface area (Å²) in [6.07, 6.45) is -8.96. The van der Waals surface area contributed by atoms with Gasteiger partial charge in [0.1, 0.15) is 12.4 Å². The van der Waals surface area contributed by atoms with Gasteiger partial charge < -0.3 is 20.8 Å². The molecular formula is C21H13F6N5O3. The minimum atomic E-state index is -5.41. The van der Waals surface area contributed by atoms with Gasteiger partial charge in [0.25, 0.3) is 0 Å². The van der Waals surface area contributed by atoms with E-state index in [9.17, 15) is 35.9 Å². The van der Waals surface area contributed by atoms with Gasteiger partial charge in [0, 0.05) is 17.1 Å². The van der Waals surface area contributed by atoms with Crippen LogP contribution in [0, 0.1) is 0 Å². The van der Waals surface area contributed by atoms with Gasteiger partial charge >= 0.3 is 24.3 Å². The van der Waals surface area contributed by atoms with Crippen LogP contribution >= 0.6 is 0 Å². The van der Waals surface area contributed by atoms with Crippen molar-refractivity contribution in [1.29, 1.82) is 0 Å². The molecule has 0 radical (unpaired) electrons. The van der Waals surface area contributed by atoms with Crippen LogP contribution in [0.15, 0.2) is 42.6 Å². The average molecular weight is 497 g/mol. The molecule has 14 heteroatoms. The predicted octanol–water partition coefficient (Wildman–Crippen LogP) is 4.07. The third-order valence-electron chi connectivity index (χ3n) is 5.01. The summed E-state index contributed by atoms with van der Waals surface area (Å²) in [6, 6.07) is 7.18. The Morgan fingerprint density at radius 1 is 0.971 bits per heavy atom. The van der Waals surface area contributed by atoms with E-state index >= 15 is 0 Å². The van der Waals surface area contributed by atoms with Gasteiger partial charge in [-0.3, -0.25) is 0 Å². The van der Waals surface area contributed by atoms with E-state index in [0.717, 1.165) is 10.6 Å². The molecule has 8 nitrogen and oxygen atoms in total. The molecule has 0 aliphatic rings. The zero-order chi connectivity index (χ0) is 25.7. The van der Waals surface area contributed by atoms with Crippen LogP contribution in [-0.4, -0.2) is 32.6 Å². The predicted molar refractivity (Wildman–Crippen MR) is 111 cm³/mol. The highest BCUT2D eigenvalue weighted by Crippen LogP contribution is 2.42. The number of ether oxygens (including phenoxy) is 1. The minimum absolute atomic E-state index is 0.00863. The lowest BCUT2D eigenvalue weighted by Gasteiger charge is -2.17. The lowest BCUT2D eigenvalue weighted by Crippen LogP contribution is -2.29. The van der Waals surface area contributed by atoms with Gasteiger partial charge in [-0.15, -0.1) is 0 Å². The van der Waals surface area contributed by atoms with E-state index < -0.39 is 36.4 Å². The van der Waals surface area contributed by atoms with E-state index in [-0.39, 0.29) is 44.7 Å².